The smallest absolute Gasteiger partial charge is 0.172 e. The van der Waals surface area contributed by atoms with Crippen LogP contribution in [-0.2, 0) is 0 Å². The summed E-state index contributed by atoms with van der Waals surface area (Å²) in [6.45, 7) is 4.56. The van der Waals surface area contributed by atoms with Crippen molar-refractivity contribution >= 4 is 11.6 Å². The van der Waals surface area contributed by atoms with Gasteiger partial charge in [-0.1, -0.05) is 25.4 Å². The van der Waals surface area contributed by atoms with Crippen molar-refractivity contribution in [1.82, 2.24) is 0 Å². The molecule has 2 aromatic rings. The van der Waals surface area contributed by atoms with Gasteiger partial charge in [0, 0.05) is 17.1 Å². The first-order chi connectivity index (χ1) is 10.9. The standard InChI is InChI=1S/C18H21ClFNO2/c1-12(2)9-15(21)11-22-17-8-5-14(20)10-18(17)23-16-6-3-13(19)4-7-16/h3-8,10,12,15H,9,11,21H2,1-2H3/t15-/m0/s1. The average molecular weight is 338 g/mol. The highest BCUT2D eigenvalue weighted by Gasteiger charge is 2.11. The van der Waals surface area contributed by atoms with Crippen LogP contribution in [0.3, 0.4) is 0 Å². The molecule has 0 spiro atoms. The fourth-order valence-electron chi connectivity index (χ4n) is 2.18. The molecule has 2 rings (SSSR count). The van der Waals surface area contributed by atoms with Crippen LogP contribution in [0.4, 0.5) is 4.39 Å². The van der Waals surface area contributed by atoms with Crippen molar-refractivity contribution in [2.45, 2.75) is 26.3 Å². The third-order valence-electron chi connectivity index (χ3n) is 3.17. The number of nitrogens with two attached hydrogens (primary N) is 1. The van der Waals surface area contributed by atoms with E-state index in [0.29, 0.717) is 34.8 Å². The Morgan fingerprint density at radius 2 is 1.78 bits per heavy atom. The Bertz CT molecular complexity index is 631. The predicted molar refractivity (Wildman–Crippen MR) is 90.9 cm³/mol. The molecule has 5 heteroatoms. The summed E-state index contributed by atoms with van der Waals surface area (Å²) >= 11 is 5.84. The Labute approximate surface area is 141 Å². The summed E-state index contributed by atoms with van der Waals surface area (Å²) < 4.78 is 24.9. The summed E-state index contributed by atoms with van der Waals surface area (Å²) in [5.74, 6) is 1.42. The molecule has 0 saturated heterocycles. The molecule has 0 aliphatic heterocycles. The Morgan fingerprint density at radius 3 is 2.43 bits per heavy atom. The lowest BCUT2D eigenvalue weighted by molar-refractivity contribution is 0.261. The molecule has 1 atom stereocenters. The first-order valence-electron chi connectivity index (χ1n) is 7.55. The Morgan fingerprint density at radius 1 is 1.09 bits per heavy atom. The Hall–Kier alpha value is -1.78. The lowest BCUT2D eigenvalue weighted by atomic mass is 10.1. The zero-order chi connectivity index (χ0) is 16.8. The third kappa shape index (κ3) is 5.73. The monoisotopic (exact) mass is 337 g/mol. The summed E-state index contributed by atoms with van der Waals surface area (Å²) in [6.07, 6.45) is 0.856. The topological polar surface area (TPSA) is 44.5 Å². The Balaban J connectivity index is 2.09. The number of rotatable bonds is 7. The van der Waals surface area contributed by atoms with Crippen LogP contribution in [0.2, 0.25) is 5.02 Å². The van der Waals surface area contributed by atoms with Crippen LogP contribution < -0.4 is 15.2 Å². The van der Waals surface area contributed by atoms with Gasteiger partial charge in [0.25, 0.3) is 0 Å². The highest BCUT2D eigenvalue weighted by molar-refractivity contribution is 6.30. The predicted octanol–water partition coefficient (Wildman–Crippen LogP) is 5.02. The first-order valence-corrected chi connectivity index (χ1v) is 7.93. The maximum Gasteiger partial charge on any atom is 0.172 e. The van der Waals surface area contributed by atoms with Crippen LogP contribution in [0, 0.1) is 11.7 Å². The summed E-state index contributed by atoms with van der Waals surface area (Å²) in [6, 6.07) is 10.9. The molecule has 23 heavy (non-hydrogen) atoms. The lowest BCUT2D eigenvalue weighted by Gasteiger charge is -2.17. The van der Waals surface area contributed by atoms with E-state index in [2.05, 4.69) is 13.8 Å². The molecule has 0 amide bonds. The zero-order valence-corrected chi connectivity index (χ0v) is 14.0. The maximum absolute atomic E-state index is 13.5. The van der Waals surface area contributed by atoms with Crippen molar-refractivity contribution in [3.63, 3.8) is 0 Å². The van der Waals surface area contributed by atoms with Gasteiger partial charge in [-0.3, -0.25) is 0 Å². The maximum atomic E-state index is 13.5. The van der Waals surface area contributed by atoms with Crippen LogP contribution in [0.5, 0.6) is 17.2 Å². The summed E-state index contributed by atoms with van der Waals surface area (Å²) in [5, 5.41) is 0.604. The van der Waals surface area contributed by atoms with Crippen LogP contribution in [0.25, 0.3) is 0 Å². The largest absolute Gasteiger partial charge is 0.488 e. The Kier molecular flexibility index (Phi) is 6.25. The van der Waals surface area contributed by atoms with Gasteiger partial charge < -0.3 is 15.2 Å². The zero-order valence-electron chi connectivity index (χ0n) is 13.3. The minimum Gasteiger partial charge on any atom is -0.488 e. The van der Waals surface area contributed by atoms with Crippen LogP contribution in [0.15, 0.2) is 42.5 Å². The van der Waals surface area contributed by atoms with E-state index in [4.69, 9.17) is 26.8 Å². The molecule has 0 aromatic heterocycles. The minimum absolute atomic E-state index is 0.0802. The molecule has 0 heterocycles. The number of hydrogen-bond acceptors (Lipinski definition) is 3. The molecule has 0 fully saturated rings. The molecule has 0 aliphatic carbocycles. The highest BCUT2D eigenvalue weighted by Crippen LogP contribution is 2.33. The van der Waals surface area contributed by atoms with E-state index >= 15 is 0 Å². The van der Waals surface area contributed by atoms with Crippen molar-refractivity contribution in [3.05, 3.63) is 53.3 Å². The summed E-state index contributed by atoms with van der Waals surface area (Å²) in [4.78, 5) is 0. The molecule has 0 saturated carbocycles. The SMILES string of the molecule is CC(C)C[C@H](N)COc1ccc(F)cc1Oc1ccc(Cl)cc1. The van der Waals surface area contributed by atoms with Crippen molar-refractivity contribution in [1.29, 1.82) is 0 Å². The van der Waals surface area contributed by atoms with Crippen molar-refractivity contribution in [2.75, 3.05) is 6.61 Å². The second-order valence-electron chi connectivity index (χ2n) is 5.85. The molecule has 0 unspecified atom stereocenters. The van der Waals surface area contributed by atoms with Gasteiger partial charge in [0.05, 0.1) is 0 Å². The summed E-state index contributed by atoms with van der Waals surface area (Å²) in [7, 11) is 0. The van der Waals surface area contributed by atoms with Gasteiger partial charge >= 0.3 is 0 Å². The number of benzene rings is 2. The quantitative estimate of drug-likeness (QED) is 0.771. The molecular weight excluding hydrogens is 317 g/mol. The minimum atomic E-state index is -0.396. The van der Waals surface area contributed by atoms with E-state index in [1.54, 1.807) is 30.3 Å². The molecular formula is C18H21ClFNO2. The molecule has 2 N–H and O–H groups in total. The van der Waals surface area contributed by atoms with Gasteiger partial charge in [-0.2, -0.15) is 0 Å². The van der Waals surface area contributed by atoms with Gasteiger partial charge in [-0.25, -0.2) is 4.39 Å². The lowest BCUT2D eigenvalue weighted by Crippen LogP contribution is -2.29. The van der Waals surface area contributed by atoms with E-state index in [0.717, 1.165) is 6.42 Å². The van der Waals surface area contributed by atoms with E-state index in [-0.39, 0.29) is 6.04 Å². The molecule has 0 bridgehead atoms. The van der Waals surface area contributed by atoms with Crippen molar-refractivity contribution in [2.24, 2.45) is 11.7 Å². The van der Waals surface area contributed by atoms with Crippen molar-refractivity contribution in [3.8, 4) is 17.2 Å². The van der Waals surface area contributed by atoms with Gasteiger partial charge in [-0.05, 0) is 48.7 Å². The first kappa shape index (κ1) is 17.6. The molecule has 0 aliphatic rings. The van der Waals surface area contributed by atoms with Crippen LogP contribution in [-0.4, -0.2) is 12.6 Å². The second-order valence-corrected chi connectivity index (χ2v) is 6.28. The highest BCUT2D eigenvalue weighted by atomic mass is 35.5. The average Bonchev–Trinajstić information content (AvgIpc) is 2.48. The molecule has 3 nitrogen and oxygen atoms in total. The van der Waals surface area contributed by atoms with E-state index in [1.807, 2.05) is 0 Å². The van der Waals surface area contributed by atoms with E-state index < -0.39 is 5.82 Å². The van der Waals surface area contributed by atoms with E-state index in [9.17, 15) is 4.39 Å². The van der Waals surface area contributed by atoms with Gasteiger partial charge in [0.2, 0.25) is 0 Å². The fourth-order valence-corrected chi connectivity index (χ4v) is 2.31. The summed E-state index contributed by atoms with van der Waals surface area (Å²) in [5.41, 5.74) is 6.02. The number of halogens is 2. The van der Waals surface area contributed by atoms with Crippen LogP contribution >= 0.6 is 11.6 Å². The third-order valence-corrected chi connectivity index (χ3v) is 3.43. The van der Waals surface area contributed by atoms with Gasteiger partial charge in [0.15, 0.2) is 11.5 Å². The molecule has 0 radical (unpaired) electrons. The molecule has 2 aromatic carbocycles. The van der Waals surface area contributed by atoms with Crippen LogP contribution in [0.1, 0.15) is 20.3 Å². The van der Waals surface area contributed by atoms with Gasteiger partial charge in [-0.15, -0.1) is 0 Å². The second kappa shape index (κ2) is 8.18. The normalized spacial score (nSPS) is 12.3. The van der Waals surface area contributed by atoms with E-state index in [1.165, 1.54) is 12.1 Å². The number of ether oxygens (including phenoxy) is 2. The molecule has 124 valence electrons. The van der Waals surface area contributed by atoms with Crippen molar-refractivity contribution < 1.29 is 13.9 Å². The number of hydrogen-bond donors (Lipinski definition) is 1. The fraction of sp³-hybridized carbons (Fsp3) is 0.333. The van der Waals surface area contributed by atoms with Gasteiger partial charge in [0.1, 0.15) is 18.2 Å².